The highest BCUT2D eigenvalue weighted by molar-refractivity contribution is 5.29. The number of benzene rings is 1. The van der Waals surface area contributed by atoms with Crippen LogP contribution >= 0.6 is 0 Å². The molecule has 1 heterocycles. The summed E-state index contributed by atoms with van der Waals surface area (Å²) in [5.74, 6) is 0. The summed E-state index contributed by atoms with van der Waals surface area (Å²) in [6.07, 6.45) is 4.92. The van der Waals surface area contributed by atoms with Crippen LogP contribution in [0.1, 0.15) is 41.7 Å². The Morgan fingerprint density at radius 2 is 1.89 bits per heavy atom. The van der Waals surface area contributed by atoms with Crippen molar-refractivity contribution in [1.82, 2.24) is 9.78 Å². The summed E-state index contributed by atoms with van der Waals surface area (Å²) in [4.78, 5) is 0. The summed E-state index contributed by atoms with van der Waals surface area (Å²) in [5.41, 5.74) is 4.55. The first-order chi connectivity index (χ1) is 9.08. The molecule has 0 aliphatic heterocycles. The zero-order valence-electron chi connectivity index (χ0n) is 11.9. The number of aryl methyl sites for hydroxylation is 3. The summed E-state index contributed by atoms with van der Waals surface area (Å²) in [5, 5.41) is 14.5. The predicted octanol–water partition coefficient (Wildman–Crippen LogP) is 3.19. The lowest BCUT2D eigenvalue weighted by Gasteiger charge is -2.10. The lowest BCUT2D eigenvalue weighted by Crippen LogP contribution is -2.02. The van der Waals surface area contributed by atoms with Crippen LogP contribution in [0.4, 0.5) is 0 Å². The quantitative estimate of drug-likeness (QED) is 0.894. The van der Waals surface area contributed by atoms with E-state index in [-0.39, 0.29) is 0 Å². The molecule has 1 aromatic carbocycles. The number of hydrogen-bond donors (Lipinski definition) is 1. The van der Waals surface area contributed by atoms with Gasteiger partial charge in [-0.3, -0.25) is 4.68 Å². The van der Waals surface area contributed by atoms with Crippen LogP contribution in [-0.2, 0) is 13.0 Å². The van der Waals surface area contributed by atoms with Crippen molar-refractivity contribution in [2.45, 2.75) is 46.3 Å². The highest BCUT2D eigenvalue weighted by Crippen LogP contribution is 2.19. The third-order valence-electron chi connectivity index (χ3n) is 3.20. The van der Waals surface area contributed by atoms with E-state index in [1.54, 1.807) is 6.20 Å². The first-order valence-corrected chi connectivity index (χ1v) is 6.86. The summed E-state index contributed by atoms with van der Waals surface area (Å²) < 4.78 is 1.89. The number of nitrogens with zero attached hydrogens (tertiary/aromatic N) is 2. The summed E-state index contributed by atoms with van der Waals surface area (Å²) in [6.45, 7) is 7.19. The molecule has 2 aromatic rings. The predicted molar refractivity (Wildman–Crippen MR) is 77.1 cm³/mol. The highest BCUT2D eigenvalue weighted by Gasteiger charge is 2.11. The van der Waals surface area contributed by atoms with Crippen molar-refractivity contribution in [2.75, 3.05) is 0 Å². The van der Waals surface area contributed by atoms with Gasteiger partial charge in [0.05, 0.1) is 12.3 Å². The Bertz CT molecular complexity index is 525. The lowest BCUT2D eigenvalue weighted by molar-refractivity contribution is 0.178. The molecule has 3 heteroatoms. The van der Waals surface area contributed by atoms with Crippen LogP contribution in [0.25, 0.3) is 0 Å². The third kappa shape index (κ3) is 3.67. The molecule has 3 nitrogen and oxygen atoms in total. The van der Waals surface area contributed by atoms with Gasteiger partial charge in [-0.2, -0.15) is 5.10 Å². The van der Waals surface area contributed by atoms with E-state index in [2.05, 4.69) is 44.1 Å². The van der Waals surface area contributed by atoms with Gasteiger partial charge in [0, 0.05) is 24.7 Å². The van der Waals surface area contributed by atoms with E-state index in [9.17, 15) is 5.11 Å². The minimum absolute atomic E-state index is 0.480. The van der Waals surface area contributed by atoms with E-state index in [0.717, 1.165) is 18.5 Å². The molecule has 0 aliphatic carbocycles. The third-order valence-corrected chi connectivity index (χ3v) is 3.20. The molecule has 0 bridgehead atoms. The molecular weight excluding hydrogens is 236 g/mol. The zero-order valence-corrected chi connectivity index (χ0v) is 11.9. The molecule has 19 heavy (non-hydrogen) atoms. The van der Waals surface area contributed by atoms with E-state index in [1.165, 1.54) is 16.7 Å². The molecule has 1 unspecified atom stereocenters. The monoisotopic (exact) mass is 258 g/mol. The van der Waals surface area contributed by atoms with Gasteiger partial charge in [0.2, 0.25) is 0 Å². The normalized spacial score (nSPS) is 12.6. The number of rotatable bonds is 5. The van der Waals surface area contributed by atoms with Gasteiger partial charge in [0.25, 0.3) is 0 Å². The fourth-order valence-electron chi connectivity index (χ4n) is 2.43. The Balaban J connectivity index is 2.08. The Morgan fingerprint density at radius 3 is 2.53 bits per heavy atom. The smallest absolute Gasteiger partial charge is 0.0860 e. The first kappa shape index (κ1) is 13.8. The SMILES string of the molecule is CCCn1cc(C(O)Cc2cc(C)cc(C)c2)cn1. The molecule has 0 saturated carbocycles. The highest BCUT2D eigenvalue weighted by atomic mass is 16.3. The fraction of sp³-hybridized carbons (Fsp3) is 0.438. The van der Waals surface area contributed by atoms with Gasteiger partial charge in [-0.05, 0) is 25.8 Å². The molecule has 1 N–H and O–H groups in total. The largest absolute Gasteiger partial charge is 0.388 e. The van der Waals surface area contributed by atoms with Gasteiger partial charge < -0.3 is 5.11 Å². The van der Waals surface area contributed by atoms with E-state index in [0.29, 0.717) is 6.42 Å². The van der Waals surface area contributed by atoms with Crippen LogP contribution in [0.2, 0.25) is 0 Å². The van der Waals surface area contributed by atoms with Crippen molar-refractivity contribution < 1.29 is 5.11 Å². The van der Waals surface area contributed by atoms with Gasteiger partial charge in [0.1, 0.15) is 0 Å². The molecule has 0 saturated heterocycles. The van der Waals surface area contributed by atoms with Gasteiger partial charge in [-0.15, -0.1) is 0 Å². The van der Waals surface area contributed by atoms with Crippen LogP contribution in [0.5, 0.6) is 0 Å². The van der Waals surface area contributed by atoms with Crippen LogP contribution in [-0.4, -0.2) is 14.9 Å². The lowest BCUT2D eigenvalue weighted by atomic mass is 10.0. The maximum Gasteiger partial charge on any atom is 0.0860 e. The number of aliphatic hydroxyl groups excluding tert-OH is 1. The summed E-state index contributed by atoms with van der Waals surface area (Å²) in [7, 11) is 0. The van der Waals surface area contributed by atoms with Crippen molar-refractivity contribution in [3.63, 3.8) is 0 Å². The molecule has 1 aromatic heterocycles. The van der Waals surface area contributed by atoms with E-state index < -0.39 is 6.10 Å². The Kier molecular flexibility index (Phi) is 4.38. The second-order valence-corrected chi connectivity index (χ2v) is 5.25. The second-order valence-electron chi connectivity index (χ2n) is 5.25. The van der Waals surface area contributed by atoms with Crippen molar-refractivity contribution in [1.29, 1.82) is 0 Å². The number of aliphatic hydroxyl groups is 1. The average molecular weight is 258 g/mol. The van der Waals surface area contributed by atoms with E-state index in [4.69, 9.17) is 0 Å². The van der Waals surface area contributed by atoms with Crippen LogP contribution < -0.4 is 0 Å². The summed E-state index contributed by atoms with van der Waals surface area (Å²) in [6, 6.07) is 6.41. The molecule has 102 valence electrons. The Morgan fingerprint density at radius 1 is 1.21 bits per heavy atom. The Hall–Kier alpha value is -1.61. The number of hydrogen-bond acceptors (Lipinski definition) is 2. The molecule has 0 spiro atoms. The Labute approximate surface area is 114 Å². The minimum Gasteiger partial charge on any atom is -0.388 e. The molecule has 0 aliphatic rings. The minimum atomic E-state index is -0.480. The van der Waals surface area contributed by atoms with Crippen molar-refractivity contribution in [3.8, 4) is 0 Å². The fourth-order valence-corrected chi connectivity index (χ4v) is 2.43. The first-order valence-electron chi connectivity index (χ1n) is 6.86. The molecular formula is C16H22N2O. The van der Waals surface area contributed by atoms with Crippen LogP contribution in [0.3, 0.4) is 0 Å². The van der Waals surface area contributed by atoms with Gasteiger partial charge >= 0.3 is 0 Å². The average Bonchev–Trinajstić information content (AvgIpc) is 2.76. The van der Waals surface area contributed by atoms with Crippen molar-refractivity contribution >= 4 is 0 Å². The zero-order chi connectivity index (χ0) is 13.8. The van der Waals surface area contributed by atoms with E-state index in [1.807, 2.05) is 10.9 Å². The molecule has 0 fully saturated rings. The number of aromatic nitrogens is 2. The van der Waals surface area contributed by atoms with Gasteiger partial charge in [-0.1, -0.05) is 36.2 Å². The van der Waals surface area contributed by atoms with Crippen LogP contribution in [0.15, 0.2) is 30.6 Å². The topological polar surface area (TPSA) is 38.0 Å². The van der Waals surface area contributed by atoms with Crippen molar-refractivity contribution in [2.24, 2.45) is 0 Å². The molecule has 0 radical (unpaired) electrons. The maximum absolute atomic E-state index is 10.3. The maximum atomic E-state index is 10.3. The molecule has 1 atom stereocenters. The van der Waals surface area contributed by atoms with Crippen molar-refractivity contribution in [3.05, 3.63) is 52.8 Å². The van der Waals surface area contributed by atoms with E-state index >= 15 is 0 Å². The molecule has 0 amide bonds. The van der Waals surface area contributed by atoms with Gasteiger partial charge in [-0.25, -0.2) is 0 Å². The molecule has 2 rings (SSSR count). The van der Waals surface area contributed by atoms with Gasteiger partial charge in [0.15, 0.2) is 0 Å². The second kappa shape index (κ2) is 6.02. The standard InChI is InChI=1S/C16H22N2O/c1-4-5-18-11-15(10-17-18)16(19)9-14-7-12(2)6-13(3)8-14/h6-8,10-11,16,19H,4-5,9H2,1-3H3. The summed E-state index contributed by atoms with van der Waals surface area (Å²) >= 11 is 0. The van der Waals surface area contributed by atoms with Crippen LogP contribution in [0, 0.1) is 13.8 Å².